The van der Waals surface area contributed by atoms with Crippen molar-refractivity contribution in [3.05, 3.63) is 29.2 Å². The third kappa shape index (κ3) is 4.31. The SMILES string of the molecule is C=CCn1nnnc1SCC(=O)Nc1scc(C2CC2)c1C(=O)OCC. The smallest absolute Gasteiger partial charge is 0.341 e. The summed E-state index contributed by atoms with van der Waals surface area (Å²) in [5.41, 5.74) is 1.47. The highest BCUT2D eigenvalue weighted by Crippen LogP contribution is 2.46. The van der Waals surface area contributed by atoms with E-state index in [0.717, 1.165) is 18.4 Å². The summed E-state index contributed by atoms with van der Waals surface area (Å²) in [6.07, 6.45) is 3.81. The number of carbonyl (C=O) groups excluding carboxylic acids is 2. The summed E-state index contributed by atoms with van der Waals surface area (Å²) >= 11 is 2.59. The van der Waals surface area contributed by atoms with Crippen LogP contribution in [0.25, 0.3) is 0 Å². The lowest BCUT2D eigenvalue weighted by Crippen LogP contribution is -2.17. The second kappa shape index (κ2) is 8.45. The Balaban J connectivity index is 1.66. The largest absolute Gasteiger partial charge is 0.462 e. The number of thiophene rings is 1. The maximum atomic E-state index is 12.3. The van der Waals surface area contributed by atoms with Crippen molar-refractivity contribution in [2.45, 2.75) is 37.4 Å². The summed E-state index contributed by atoms with van der Waals surface area (Å²) in [6, 6.07) is 0. The minimum absolute atomic E-state index is 0.135. The summed E-state index contributed by atoms with van der Waals surface area (Å²) in [5.74, 6) is -0.0724. The van der Waals surface area contributed by atoms with Crippen molar-refractivity contribution in [1.29, 1.82) is 0 Å². The minimum Gasteiger partial charge on any atom is -0.462 e. The number of aromatic nitrogens is 4. The zero-order valence-corrected chi connectivity index (χ0v) is 15.9. The fourth-order valence-corrected chi connectivity index (χ4v) is 4.13. The molecule has 26 heavy (non-hydrogen) atoms. The Labute approximate surface area is 159 Å². The first-order chi connectivity index (χ1) is 12.6. The lowest BCUT2D eigenvalue weighted by atomic mass is 10.1. The highest BCUT2D eigenvalue weighted by Gasteiger charge is 2.32. The number of anilines is 1. The molecule has 1 aliphatic rings. The molecule has 8 nitrogen and oxygen atoms in total. The number of hydrogen-bond donors (Lipinski definition) is 1. The van der Waals surface area contributed by atoms with Gasteiger partial charge in [-0.2, -0.15) is 0 Å². The molecule has 1 N–H and O–H groups in total. The molecule has 1 saturated carbocycles. The number of ether oxygens (including phenoxy) is 1. The van der Waals surface area contributed by atoms with Gasteiger partial charge in [0.15, 0.2) is 0 Å². The lowest BCUT2D eigenvalue weighted by molar-refractivity contribution is -0.113. The molecule has 0 radical (unpaired) electrons. The van der Waals surface area contributed by atoms with Crippen molar-refractivity contribution in [2.75, 3.05) is 17.7 Å². The van der Waals surface area contributed by atoms with Crippen molar-refractivity contribution in [1.82, 2.24) is 20.2 Å². The first-order valence-electron chi connectivity index (χ1n) is 8.22. The molecule has 10 heteroatoms. The summed E-state index contributed by atoms with van der Waals surface area (Å²) < 4.78 is 6.72. The number of carbonyl (C=O) groups is 2. The van der Waals surface area contributed by atoms with Gasteiger partial charge >= 0.3 is 5.97 Å². The number of tetrazole rings is 1. The van der Waals surface area contributed by atoms with Crippen molar-refractivity contribution in [3.63, 3.8) is 0 Å². The Hall–Kier alpha value is -2.20. The molecule has 2 aromatic heterocycles. The second-order valence-corrected chi connectivity index (χ2v) is 7.48. The van der Waals surface area contributed by atoms with Crippen LogP contribution in [0.4, 0.5) is 5.00 Å². The van der Waals surface area contributed by atoms with Crippen molar-refractivity contribution >= 4 is 40.0 Å². The van der Waals surface area contributed by atoms with Gasteiger partial charge in [0.25, 0.3) is 0 Å². The third-order valence-electron chi connectivity index (χ3n) is 3.70. The standard InChI is InChI=1S/C16H19N5O3S2/c1-3-7-21-16(18-19-20-21)26-9-12(22)17-14-13(15(23)24-4-2)11(8-25-14)10-5-6-10/h3,8,10H,1,4-7,9H2,2H3,(H,17,22). The molecule has 0 unspecified atom stereocenters. The quantitative estimate of drug-likeness (QED) is 0.397. The molecule has 2 heterocycles. The van der Waals surface area contributed by atoms with Crippen LogP contribution in [0.5, 0.6) is 0 Å². The predicted octanol–water partition coefficient (Wildman–Crippen LogP) is 2.71. The number of amides is 1. The first kappa shape index (κ1) is 18.6. The van der Waals surface area contributed by atoms with Gasteiger partial charge in [0.1, 0.15) is 5.00 Å². The van der Waals surface area contributed by atoms with Gasteiger partial charge in [-0.15, -0.1) is 23.0 Å². The van der Waals surface area contributed by atoms with Crippen molar-refractivity contribution < 1.29 is 14.3 Å². The van der Waals surface area contributed by atoms with E-state index in [4.69, 9.17) is 4.74 Å². The Morgan fingerprint density at radius 3 is 3.04 bits per heavy atom. The van der Waals surface area contributed by atoms with E-state index in [2.05, 4.69) is 27.4 Å². The monoisotopic (exact) mass is 393 g/mol. The molecule has 0 aliphatic heterocycles. The molecule has 0 atom stereocenters. The van der Waals surface area contributed by atoms with Crippen LogP contribution in [0, 0.1) is 0 Å². The fraction of sp³-hybridized carbons (Fsp3) is 0.438. The van der Waals surface area contributed by atoms with Gasteiger partial charge in [0.2, 0.25) is 11.1 Å². The Morgan fingerprint density at radius 1 is 1.54 bits per heavy atom. The highest BCUT2D eigenvalue weighted by molar-refractivity contribution is 7.99. The van der Waals surface area contributed by atoms with Crippen LogP contribution < -0.4 is 5.32 Å². The normalized spacial score (nSPS) is 13.4. The Kier molecular flexibility index (Phi) is 6.04. The fourth-order valence-electron chi connectivity index (χ4n) is 2.40. The number of rotatable bonds is 9. The minimum atomic E-state index is -0.381. The Bertz CT molecular complexity index is 813. The first-order valence-corrected chi connectivity index (χ1v) is 10.1. The number of esters is 1. The van der Waals surface area contributed by atoms with Gasteiger partial charge in [-0.3, -0.25) is 4.79 Å². The van der Waals surface area contributed by atoms with Crippen LogP contribution >= 0.6 is 23.1 Å². The molecular formula is C16H19N5O3S2. The van der Waals surface area contributed by atoms with E-state index in [0.29, 0.717) is 34.8 Å². The maximum Gasteiger partial charge on any atom is 0.341 e. The van der Waals surface area contributed by atoms with E-state index in [-0.39, 0.29) is 17.6 Å². The molecule has 1 aliphatic carbocycles. The van der Waals surface area contributed by atoms with E-state index in [1.807, 2.05) is 5.38 Å². The van der Waals surface area contributed by atoms with Gasteiger partial charge in [-0.1, -0.05) is 17.8 Å². The molecule has 2 aromatic rings. The number of nitrogens with one attached hydrogen (secondary N) is 1. The zero-order valence-electron chi connectivity index (χ0n) is 14.3. The molecule has 0 bridgehead atoms. The van der Waals surface area contributed by atoms with E-state index >= 15 is 0 Å². The van der Waals surface area contributed by atoms with E-state index < -0.39 is 0 Å². The van der Waals surface area contributed by atoms with Gasteiger partial charge in [0, 0.05) is 0 Å². The van der Waals surface area contributed by atoms with Crippen LogP contribution in [0.2, 0.25) is 0 Å². The summed E-state index contributed by atoms with van der Waals surface area (Å²) in [6.45, 7) is 6.18. The zero-order chi connectivity index (χ0) is 18.5. The average molecular weight is 393 g/mol. The lowest BCUT2D eigenvalue weighted by Gasteiger charge is -2.08. The van der Waals surface area contributed by atoms with E-state index in [9.17, 15) is 9.59 Å². The van der Waals surface area contributed by atoms with Gasteiger partial charge < -0.3 is 10.1 Å². The number of thioether (sulfide) groups is 1. The summed E-state index contributed by atoms with van der Waals surface area (Å²) in [5, 5.41) is 17.2. The number of nitrogens with zero attached hydrogens (tertiary/aromatic N) is 4. The molecule has 0 saturated heterocycles. The number of hydrogen-bond acceptors (Lipinski definition) is 8. The predicted molar refractivity (Wildman–Crippen MR) is 99.6 cm³/mol. The third-order valence-corrected chi connectivity index (χ3v) is 5.57. The highest BCUT2D eigenvalue weighted by atomic mass is 32.2. The average Bonchev–Trinajstić information content (AvgIpc) is 3.23. The molecule has 1 fully saturated rings. The van der Waals surface area contributed by atoms with Crippen LogP contribution in [0.1, 0.15) is 41.6 Å². The second-order valence-electron chi connectivity index (χ2n) is 5.66. The topological polar surface area (TPSA) is 99.0 Å². The molecule has 3 rings (SSSR count). The van der Waals surface area contributed by atoms with E-state index in [1.54, 1.807) is 17.7 Å². The molecule has 0 aromatic carbocycles. The summed E-state index contributed by atoms with van der Waals surface area (Å²) in [4.78, 5) is 24.6. The van der Waals surface area contributed by atoms with Crippen molar-refractivity contribution in [2.24, 2.45) is 0 Å². The van der Waals surface area contributed by atoms with Crippen molar-refractivity contribution in [3.8, 4) is 0 Å². The van der Waals surface area contributed by atoms with Crippen LogP contribution in [-0.2, 0) is 16.1 Å². The van der Waals surface area contributed by atoms with Gasteiger partial charge in [-0.25, -0.2) is 9.48 Å². The van der Waals surface area contributed by atoms with Gasteiger partial charge in [0.05, 0.1) is 24.5 Å². The summed E-state index contributed by atoms with van der Waals surface area (Å²) in [7, 11) is 0. The molecule has 1 amide bonds. The van der Waals surface area contributed by atoms with Gasteiger partial charge in [-0.05, 0) is 47.1 Å². The van der Waals surface area contributed by atoms with Crippen LogP contribution in [-0.4, -0.2) is 44.4 Å². The maximum absolute atomic E-state index is 12.3. The molecule has 0 spiro atoms. The molecule has 138 valence electrons. The van der Waals surface area contributed by atoms with Crippen LogP contribution in [0.3, 0.4) is 0 Å². The van der Waals surface area contributed by atoms with Crippen LogP contribution in [0.15, 0.2) is 23.2 Å². The number of allylic oxidation sites excluding steroid dienone is 1. The molecular weight excluding hydrogens is 374 g/mol. The Morgan fingerprint density at radius 2 is 2.35 bits per heavy atom. The van der Waals surface area contributed by atoms with E-state index in [1.165, 1.54) is 23.1 Å².